The molecule has 2 aliphatic carbocycles. The van der Waals surface area contributed by atoms with Gasteiger partial charge in [0.1, 0.15) is 0 Å². The van der Waals surface area contributed by atoms with E-state index in [2.05, 4.69) is 18.6 Å². The predicted octanol–water partition coefficient (Wildman–Crippen LogP) is 5.81. The minimum atomic E-state index is -3.61. The number of hydrogen-bond donors (Lipinski definition) is 2. The molecular formula is C25H28ClNO4S. The largest absolute Gasteiger partial charge is 0.478 e. The number of aryl methyl sites for hydroxylation is 1. The van der Waals surface area contributed by atoms with Crippen molar-refractivity contribution in [3.05, 3.63) is 76.3 Å². The third kappa shape index (κ3) is 5.68. The first-order valence-electron chi connectivity index (χ1n) is 10.6. The molecule has 0 heterocycles. The van der Waals surface area contributed by atoms with Gasteiger partial charge >= 0.3 is 5.97 Å². The second kappa shape index (κ2) is 10.0. The zero-order chi connectivity index (χ0) is 23.5. The summed E-state index contributed by atoms with van der Waals surface area (Å²) in [5.41, 5.74) is 4.08. The molecular weight excluding hydrogens is 446 g/mol. The van der Waals surface area contributed by atoms with Crippen LogP contribution in [0.15, 0.2) is 59.5 Å². The molecule has 0 spiro atoms. The summed E-state index contributed by atoms with van der Waals surface area (Å²) in [5, 5.41) is 10.1. The minimum absolute atomic E-state index is 0.0685. The Morgan fingerprint density at radius 2 is 1.62 bits per heavy atom. The molecule has 1 aromatic carbocycles. The SMILES string of the molecule is CC(C)c1ccc2c(CC[C@H](C)CNS(=O)(=O)c3ccc(Cl)cc3)cc(C(=O)O)c-2cc1. The van der Waals surface area contributed by atoms with Crippen molar-refractivity contribution in [2.45, 2.75) is 44.4 Å². The number of carbonyl (C=O) groups is 1. The van der Waals surface area contributed by atoms with E-state index in [-0.39, 0.29) is 10.8 Å². The Bertz CT molecular complexity index is 1170. The summed E-state index contributed by atoms with van der Waals surface area (Å²) in [7, 11) is -3.61. The van der Waals surface area contributed by atoms with Gasteiger partial charge in [0.15, 0.2) is 0 Å². The van der Waals surface area contributed by atoms with E-state index in [4.69, 9.17) is 11.6 Å². The van der Waals surface area contributed by atoms with Crippen molar-refractivity contribution in [1.82, 2.24) is 4.72 Å². The van der Waals surface area contributed by atoms with Gasteiger partial charge in [-0.1, -0.05) is 56.6 Å². The van der Waals surface area contributed by atoms with Gasteiger partial charge in [0.05, 0.1) is 10.5 Å². The predicted molar refractivity (Wildman–Crippen MR) is 128 cm³/mol. The van der Waals surface area contributed by atoms with E-state index in [1.165, 1.54) is 12.1 Å². The highest BCUT2D eigenvalue weighted by molar-refractivity contribution is 7.89. The Hall–Kier alpha value is -2.41. The van der Waals surface area contributed by atoms with Gasteiger partial charge in [-0.05, 0) is 77.3 Å². The molecule has 170 valence electrons. The molecule has 0 saturated carbocycles. The molecule has 5 nitrogen and oxygen atoms in total. The molecule has 1 aromatic rings. The molecule has 1 atom stereocenters. The Balaban J connectivity index is 1.71. The number of fused-ring (bicyclic) bond motifs is 1. The third-order valence-electron chi connectivity index (χ3n) is 5.68. The Labute approximate surface area is 194 Å². The summed E-state index contributed by atoms with van der Waals surface area (Å²) in [6.07, 6.45) is 1.38. The Morgan fingerprint density at radius 1 is 1.00 bits per heavy atom. The van der Waals surface area contributed by atoms with Gasteiger partial charge in [-0.15, -0.1) is 0 Å². The Morgan fingerprint density at radius 3 is 2.22 bits per heavy atom. The van der Waals surface area contributed by atoms with Gasteiger partial charge in [-0.25, -0.2) is 17.9 Å². The van der Waals surface area contributed by atoms with E-state index in [1.54, 1.807) is 18.2 Å². The molecule has 0 radical (unpaired) electrons. The minimum Gasteiger partial charge on any atom is -0.478 e. The van der Waals surface area contributed by atoms with Crippen LogP contribution in [0.1, 0.15) is 54.6 Å². The summed E-state index contributed by atoms with van der Waals surface area (Å²) in [6, 6.07) is 15.7. The maximum atomic E-state index is 12.5. The topological polar surface area (TPSA) is 83.5 Å². The van der Waals surface area contributed by atoms with Gasteiger partial charge in [-0.3, -0.25) is 0 Å². The third-order valence-corrected chi connectivity index (χ3v) is 7.37. The Kier molecular flexibility index (Phi) is 7.59. The van der Waals surface area contributed by atoms with Crippen LogP contribution < -0.4 is 4.72 Å². The van der Waals surface area contributed by atoms with E-state index in [0.29, 0.717) is 29.5 Å². The van der Waals surface area contributed by atoms with Gasteiger partial charge < -0.3 is 5.11 Å². The lowest BCUT2D eigenvalue weighted by atomic mass is 9.99. The van der Waals surface area contributed by atoms with Gasteiger partial charge in [0.25, 0.3) is 0 Å². The number of aromatic carboxylic acids is 1. The van der Waals surface area contributed by atoms with E-state index < -0.39 is 16.0 Å². The van der Waals surface area contributed by atoms with Crippen LogP contribution in [-0.2, 0) is 16.4 Å². The van der Waals surface area contributed by atoms with Crippen molar-refractivity contribution in [2.75, 3.05) is 6.54 Å². The van der Waals surface area contributed by atoms with E-state index >= 15 is 0 Å². The highest BCUT2D eigenvalue weighted by Crippen LogP contribution is 2.34. The second-order valence-corrected chi connectivity index (χ2v) is 10.7. The monoisotopic (exact) mass is 473 g/mol. The number of halogens is 1. The van der Waals surface area contributed by atoms with Crippen molar-refractivity contribution in [3.63, 3.8) is 0 Å². The van der Waals surface area contributed by atoms with Crippen LogP contribution in [0.5, 0.6) is 0 Å². The van der Waals surface area contributed by atoms with Crippen molar-refractivity contribution in [2.24, 2.45) is 5.92 Å². The van der Waals surface area contributed by atoms with E-state index in [1.807, 2.05) is 31.2 Å². The molecule has 0 saturated heterocycles. The molecule has 0 fully saturated rings. The second-order valence-electron chi connectivity index (χ2n) is 8.49. The highest BCUT2D eigenvalue weighted by atomic mass is 35.5. The molecule has 0 unspecified atom stereocenters. The fourth-order valence-electron chi connectivity index (χ4n) is 3.66. The average Bonchev–Trinajstić information content (AvgIpc) is 2.93. The van der Waals surface area contributed by atoms with Crippen LogP contribution in [-0.4, -0.2) is 26.0 Å². The zero-order valence-electron chi connectivity index (χ0n) is 18.4. The lowest BCUT2D eigenvalue weighted by Gasteiger charge is -2.13. The van der Waals surface area contributed by atoms with E-state index in [0.717, 1.165) is 28.7 Å². The smallest absolute Gasteiger partial charge is 0.336 e. The van der Waals surface area contributed by atoms with Crippen LogP contribution in [0.25, 0.3) is 11.1 Å². The fourth-order valence-corrected chi connectivity index (χ4v) is 4.95. The van der Waals surface area contributed by atoms with Crippen molar-refractivity contribution in [3.8, 4) is 11.1 Å². The first kappa shape index (κ1) is 24.2. The van der Waals surface area contributed by atoms with E-state index in [9.17, 15) is 18.3 Å². The van der Waals surface area contributed by atoms with Crippen molar-refractivity contribution >= 4 is 27.6 Å². The summed E-state index contributed by atoms with van der Waals surface area (Å²) in [4.78, 5) is 11.9. The highest BCUT2D eigenvalue weighted by Gasteiger charge is 2.21. The normalized spacial score (nSPS) is 12.9. The number of sulfonamides is 1. The molecule has 7 heteroatoms. The zero-order valence-corrected chi connectivity index (χ0v) is 20.0. The number of carboxylic acids is 1. The van der Waals surface area contributed by atoms with Crippen molar-refractivity contribution < 1.29 is 18.3 Å². The first-order valence-corrected chi connectivity index (χ1v) is 12.5. The van der Waals surface area contributed by atoms with Crippen molar-refractivity contribution in [1.29, 1.82) is 0 Å². The number of benzene rings is 1. The summed E-state index contributed by atoms with van der Waals surface area (Å²) in [6.45, 7) is 6.47. The molecule has 0 bridgehead atoms. The van der Waals surface area contributed by atoms with Gasteiger partial charge in [-0.2, -0.15) is 0 Å². The standard InChI is InChI=1S/C25H28ClNO4S/c1-16(2)18-6-12-22-19(14-24(25(28)29)23(22)13-7-18)5-4-17(3)15-27-32(30,31)21-10-8-20(26)9-11-21/h6-14,16-17,27H,4-5,15H2,1-3H3,(H,28,29)/t17-/m0/s1. The van der Waals surface area contributed by atoms with Crippen LogP contribution >= 0.6 is 11.6 Å². The molecule has 32 heavy (non-hydrogen) atoms. The first-order chi connectivity index (χ1) is 15.1. The maximum Gasteiger partial charge on any atom is 0.336 e. The lowest BCUT2D eigenvalue weighted by molar-refractivity contribution is 0.0698. The molecule has 3 rings (SSSR count). The van der Waals surface area contributed by atoms with Crippen LogP contribution in [0, 0.1) is 5.92 Å². The number of carboxylic acid groups (broad SMARTS) is 1. The summed E-state index contributed by atoms with van der Waals surface area (Å²) in [5.74, 6) is -0.529. The van der Waals surface area contributed by atoms with Crippen LogP contribution in [0.2, 0.25) is 5.02 Å². The van der Waals surface area contributed by atoms with Crippen LogP contribution in [0.3, 0.4) is 0 Å². The molecule has 0 amide bonds. The van der Waals surface area contributed by atoms with Gasteiger partial charge in [0.2, 0.25) is 10.0 Å². The molecule has 0 aliphatic heterocycles. The summed E-state index contributed by atoms with van der Waals surface area (Å²) >= 11 is 5.83. The number of hydrogen-bond acceptors (Lipinski definition) is 3. The number of rotatable bonds is 9. The lowest BCUT2D eigenvalue weighted by Crippen LogP contribution is -2.28. The van der Waals surface area contributed by atoms with Gasteiger partial charge in [0, 0.05) is 11.6 Å². The summed E-state index contributed by atoms with van der Waals surface area (Å²) < 4.78 is 27.6. The quantitative estimate of drug-likeness (QED) is 0.410. The average molecular weight is 474 g/mol. The maximum absolute atomic E-state index is 12.5. The number of nitrogens with one attached hydrogen (secondary N) is 1. The molecule has 2 aliphatic rings. The molecule has 2 N–H and O–H groups in total. The van der Waals surface area contributed by atoms with Crippen LogP contribution in [0.4, 0.5) is 0 Å². The molecule has 0 aromatic heterocycles. The fraction of sp³-hybridized carbons (Fsp3) is 0.320.